The molecule has 4 heteroatoms. The lowest BCUT2D eigenvalue weighted by Gasteiger charge is -2.18. The first-order valence-electron chi connectivity index (χ1n) is 7.26. The highest BCUT2D eigenvalue weighted by atomic mass is 16.5. The largest absolute Gasteiger partial charge is 0.467 e. The number of rotatable bonds is 6. The lowest BCUT2D eigenvalue weighted by atomic mass is 10.0. The zero-order valence-corrected chi connectivity index (χ0v) is 13.5. The van der Waals surface area contributed by atoms with Crippen molar-refractivity contribution in [2.75, 3.05) is 7.11 Å². The quantitative estimate of drug-likeness (QED) is 0.820. The van der Waals surface area contributed by atoms with Gasteiger partial charge in [-0.05, 0) is 37.3 Å². The third-order valence-electron chi connectivity index (χ3n) is 3.38. The van der Waals surface area contributed by atoms with Crippen molar-refractivity contribution in [1.82, 2.24) is 5.32 Å². The van der Waals surface area contributed by atoms with E-state index in [1.165, 1.54) is 7.11 Å². The summed E-state index contributed by atoms with van der Waals surface area (Å²) < 4.78 is 4.75. The molecule has 1 aromatic rings. The van der Waals surface area contributed by atoms with E-state index < -0.39 is 12.0 Å². The predicted octanol–water partition coefficient (Wildman–Crippen LogP) is 2.55. The van der Waals surface area contributed by atoms with Crippen LogP contribution in [0.4, 0.5) is 0 Å². The van der Waals surface area contributed by atoms with E-state index in [9.17, 15) is 9.59 Å². The summed E-state index contributed by atoms with van der Waals surface area (Å²) in [6.07, 6.45) is 0.852. The number of hydrogen-bond donors (Lipinski definition) is 1. The number of carbonyl (C=O) groups is 2. The van der Waals surface area contributed by atoms with Gasteiger partial charge in [-0.1, -0.05) is 37.6 Å². The van der Waals surface area contributed by atoms with E-state index in [1.807, 2.05) is 45.9 Å². The lowest BCUT2D eigenvalue weighted by molar-refractivity contribution is -0.145. The van der Waals surface area contributed by atoms with Crippen LogP contribution in [0.3, 0.4) is 0 Å². The maximum absolute atomic E-state index is 12.2. The highest BCUT2D eigenvalue weighted by Gasteiger charge is 2.22. The van der Waals surface area contributed by atoms with Gasteiger partial charge in [0, 0.05) is 0 Å². The van der Waals surface area contributed by atoms with E-state index >= 15 is 0 Å². The number of ether oxygens (including phenoxy) is 1. The molecule has 1 N–H and O–H groups in total. The highest BCUT2D eigenvalue weighted by Crippen LogP contribution is 2.12. The maximum Gasteiger partial charge on any atom is 0.328 e. The van der Waals surface area contributed by atoms with Gasteiger partial charge in [-0.3, -0.25) is 4.79 Å². The molecule has 1 atom stereocenters. The van der Waals surface area contributed by atoms with Crippen LogP contribution in [0.5, 0.6) is 0 Å². The van der Waals surface area contributed by atoms with Crippen LogP contribution in [0.1, 0.15) is 37.0 Å². The Morgan fingerprint density at radius 3 is 2.48 bits per heavy atom. The summed E-state index contributed by atoms with van der Waals surface area (Å²) in [5.41, 5.74) is 3.19. The fourth-order valence-corrected chi connectivity index (χ4v) is 2.24. The highest BCUT2D eigenvalue weighted by molar-refractivity contribution is 5.85. The molecule has 4 nitrogen and oxygen atoms in total. The summed E-state index contributed by atoms with van der Waals surface area (Å²) in [5, 5.41) is 2.78. The minimum absolute atomic E-state index is 0.153. The number of nitrogens with one attached hydrogen (secondary N) is 1. The first kappa shape index (κ1) is 17.2. The number of carbonyl (C=O) groups excluding carboxylic acids is 2. The number of hydrogen-bond acceptors (Lipinski definition) is 3. The van der Waals surface area contributed by atoms with E-state index in [4.69, 9.17) is 4.74 Å². The van der Waals surface area contributed by atoms with Gasteiger partial charge in [-0.25, -0.2) is 4.79 Å². The third kappa shape index (κ3) is 5.58. The Hall–Kier alpha value is -1.84. The molecule has 0 radical (unpaired) electrons. The normalized spacial score (nSPS) is 12.1. The number of methoxy groups -OCH3 is 1. The number of benzene rings is 1. The van der Waals surface area contributed by atoms with Gasteiger partial charge in [-0.15, -0.1) is 0 Å². The van der Waals surface area contributed by atoms with Crippen LogP contribution in [0.25, 0.3) is 0 Å². The van der Waals surface area contributed by atoms with Crippen LogP contribution in [0, 0.1) is 19.8 Å². The summed E-state index contributed by atoms with van der Waals surface area (Å²) >= 11 is 0. The van der Waals surface area contributed by atoms with Gasteiger partial charge in [0.25, 0.3) is 0 Å². The van der Waals surface area contributed by atoms with E-state index in [0.29, 0.717) is 12.3 Å². The Morgan fingerprint density at radius 1 is 1.24 bits per heavy atom. The smallest absolute Gasteiger partial charge is 0.328 e. The zero-order chi connectivity index (χ0) is 16.0. The number of aryl methyl sites for hydroxylation is 2. The predicted molar refractivity (Wildman–Crippen MR) is 83.0 cm³/mol. The average molecular weight is 291 g/mol. The van der Waals surface area contributed by atoms with Crippen molar-refractivity contribution in [2.45, 2.75) is 46.6 Å². The fraction of sp³-hybridized carbons (Fsp3) is 0.529. The van der Waals surface area contributed by atoms with Gasteiger partial charge in [0.2, 0.25) is 5.91 Å². The monoisotopic (exact) mass is 291 g/mol. The summed E-state index contributed by atoms with van der Waals surface area (Å²) in [4.78, 5) is 23.9. The Labute approximate surface area is 126 Å². The molecule has 1 rings (SSSR count). The number of amides is 1. The van der Waals surface area contributed by atoms with Crippen LogP contribution in [-0.2, 0) is 20.7 Å². The Kier molecular flexibility index (Phi) is 6.40. The van der Waals surface area contributed by atoms with Crippen LogP contribution < -0.4 is 5.32 Å². The molecule has 0 fully saturated rings. The molecule has 1 unspecified atom stereocenters. The second kappa shape index (κ2) is 7.81. The first-order valence-corrected chi connectivity index (χ1v) is 7.26. The topological polar surface area (TPSA) is 55.4 Å². The van der Waals surface area contributed by atoms with Gasteiger partial charge in [0.15, 0.2) is 0 Å². The maximum atomic E-state index is 12.2. The Bertz CT molecular complexity index is 509. The minimum Gasteiger partial charge on any atom is -0.467 e. The van der Waals surface area contributed by atoms with Crippen molar-refractivity contribution in [1.29, 1.82) is 0 Å². The van der Waals surface area contributed by atoms with Crippen LogP contribution in [0.15, 0.2) is 18.2 Å². The number of esters is 1. The molecule has 21 heavy (non-hydrogen) atoms. The molecule has 0 aliphatic rings. The molecule has 0 aromatic heterocycles. The van der Waals surface area contributed by atoms with E-state index in [0.717, 1.165) is 16.7 Å². The van der Waals surface area contributed by atoms with E-state index in [-0.39, 0.29) is 12.3 Å². The van der Waals surface area contributed by atoms with Crippen molar-refractivity contribution < 1.29 is 14.3 Å². The fourth-order valence-electron chi connectivity index (χ4n) is 2.24. The second-order valence-corrected chi connectivity index (χ2v) is 5.88. The second-order valence-electron chi connectivity index (χ2n) is 5.88. The molecular weight excluding hydrogens is 266 g/mol. The van der Waals surface area contributed by atoms with Crippen molar-refractivity contribution in [3.8, 4) is 0 Å². The van der Waals surface area contributed by atoms with Gasteiger partial charge < -0.3 is 10.1 Å². The van der Waals surface area contributed by atoms with Crippen molar-refractivity contribution in [3.05, 3.63) is 34.9 Å². The zero-order valence-electron chi connectivity index (χ0n) is 13.5. The molecule has 0 saturated carbocycles. The van der Waals surface area contributed by atoms with Crippen molar-refractivity contribution >= 4 is 11.9 Å². The molecule has 0 spiro atoms. The van der Waals surface area contributed by atoms with Crippen LogP contribution >= 0.6 is 0 Å². The summed E-state index contributed by atoms with van der Waals surface area (Å²) in [6.45, 7) is 7.99. The molecule has 0 saturated heterocycles. The third-order valence-corrected chi connectivity index (χ3v) is 3.38. The SMILES string of the molecule is COC(=O)C(CC(C)C)NC(=O)Cc1cc(C)ccc1C. The van der Waals surface area contributed by atoms with Crippen molar-refractivity contribution in [2.24, 2.45) is 5.92 Å². The van der Waals surface area contributed by atoms with Gasteiger partial charge in [0.05, 0.1) is 13.5 Å². The van der Waals surface area contributed by atoms with E-state index in [1.54, 1.807) is 0 Å². The average Bonchev–Trinajstić information content (AvgIpc) is 2.40. The molecule has 0 heterocycles. The minimum atomic E-state index is -0.576. The molecule has 1 aromatic carbocycles. The molecule has 0 aliphatic heterocycles. The van der Waals surface area contributed by atoms with Crippen LogP contribution in [-0.4, -0.2) is 25.0 Å². The van der Waals surface area contributed by atoms with Gasteiger partial charge in [-0.2, -0.15) is 0 Å². The molecule has 0 aliphatic carbocycles. The summed E-state index contributed by atoms with van der Waals surface area (Å²) in [5.74, 6) is -0.243. The van der Waals surface area contributed by atoms with Crippen molar-refractivity contribution in [3.63, 3.8) is 0 Å². The lowest BCUT2D eigenvalue weighted by Crippen LogP contribution is -2.43. The molecular formula is C17H25NO3. The Balaban J connectivity index is 2.73. The molecule has 116 valence electrons. The Morgan fingerprint density at radius 2 is 1.90 bits per heavy atom. The first-order chi connectivity index (χ1) is 9.83. The summed E-state index contributed by atoms with van der Waals surface area (Å²) in [7, 11) is 1.34. The van der Waals surface area contributed by atoms with Crippen LogP contribution in [0.2, 0.25) is 0 Å². The summed E-state index contributed by atoms with van der Waals surface area (Å²) in [6, 6.07) is 5.45. The van der Waals surface area contributed by atoms with Gasteiger partial charge >= 0.3 is 5.97 Å². The standard InChI is InChI=1S/C17H25NO3/c1-11(2)8-15(17(20)21-5)18-16(19)10-14-9-12(3)6-7-13(14)4/h6-7,9,11,15H,8,10H2,1-5H3,(H,18,19). The van der Waals surface area contributed by atoms with Gasteiger partial charge in [0.1, 0.15) is 6.04 Å². The molecule has 0 bridgehead atoms. The van der Waals surface area contributed by atoms with E-state index in [2.05, 4.69) is 5.32 Å². The molecule has 1 amide bonds.